The Kier molecular flexibility index (Phi) is 6.54. The van der Waals surface area contributed by atoms with E-state index < -0.39 is 34.0 Å². The summed E-state index contributed by atoms with van der Waals surface area (Å²) in [5.41, 5.74) is 1.64. The molecular formula is C23H24N4O6S2. The maximum atomic E-state index is 12.8. The van der Waals surface area contributed by atoms with E-state index in [1.54, 1.807) is 45.9 Å². The van der Waals surface area contributed by atoms with Crippen LogP contribution in [0.4, 0.5) is 16.2 Å². The van der Waals surface area contributed by atoms with Crippen molar-refractivity contribution in [2.24, 2.45) is 5.92 Å². The maximum Gasteiger partial charge on any atom is 0.323 e. The number of carbonyl (C=O) groups is 2. The Balaban J connectivity index is 1.60. The fourth-order valence-corrected chi connectivity index (χ4v) is 6.27. The van der Waals surface area contributed by atoms with Crippen molar-refractivity contribution in [2.45, 2.75) is 38.6 Å². The lowest BCUT2D eigenvalue weighted by atomic mass is 10.1. The van der Waals surface area contributed by atoms with Crippen molar-refractivity contribution in [3.63, 3.8) is 0 Å². The average Bonchev–Trinajstić information content (AvgIpc) is 3.30. The Morgan fingerprint density at radius 2 is 1.69 bits per heavy atom. The number of thiophene rings is 1. The van der Waals surface area contributed by atoms with Gasteiger partial charge in [-0.25, -0.2) is 13.2 Å². The van der Waals surface area contributed by atoms with Gasteiger partial charge in [-0.3, -0.25) is 4.79 Å². The molecular weight excluding hydrogens is 492 g/mol. The van der Waals surface area contributed by atoms with Crippen molar-refractivity contribution in [1.82, 2.24) is 9.88 Å². The van der Waals surface area contributed by atoms with Crippen molar-refractivity contribution < 1.29 is 27.6 Å². The van der Waals surface area contributed by atoms with E-state index in [9.17, 15) is 23.1 Å². The number of fused-ring (bicyclic) bond motifs is 3. The Hall–Kier alpha value is -3.48. The van der Waals surface area contributed by atoms with Crippen LogP contribution in [-0.2, 0) is 14.8 Å². The first-order valence-corrected chi connectivity index (χ1v) is 13.0. The molecule has 0 aliphatic rings. The number of urea groups is 1. The quantitative estimate of drug-likeness (QED) is 0.278. The van der Waals surface area contributed by atoms with Gasteiger partial charge >= 0.3 is 12.0 Å². The highest BCUT2D eigenvalue weighted by Gasteiger charge is 2.28. The number of benzene rings is 2. The fourth-order valence-electron chi connectivity index (χ4n) is 3.65. The SMILES string of the molecule is Cc1noc(C)c1NC(=O)Nc1ccc2c(c1)sc1cc(S(=O)(=O)N[C@H](C(=O)O)C(C)C)ccc12. The second kappa shape index (κ2) is 9.29. The highest BCUT2D eigenvalue weighted by molar-refractivity contribution is 7.89. The molecule has 12 heteroatoms. The second-order valence-electron chi connectivity index (χ2n) is 8.43. The topological polar surface area (TPSA) is 151 Å². The summed E-state index contributed by atoms with van der Waals surface area (Å²) in [6.45, 7) is 6.70. The minimum absolute atomic E-state index is 0.0133. The third kappa shape index (κ3) is 4.99. The predicted octanol–water partition coefficient (Wildman–Crippen LogP) is 4.69. The average molecular weight is 517 g/mol. The molecule has 0 aliphatic heterocycles. The molecule has 0 saturated heterocycles. The Morgan fingerprint density at radius 3 is 2.29 bits per heavy atom. The van der Waals surface area contributed by atoms with Gasteiger partial charge in [-0.15, -0.1) is 11.3 Å². The number of aliphatic carboxylic acids is 1. The van der Waals surface area contributed by atoms with Crippen LogP contribution in [0.15, 0.2) is 45.8 Å². The molecule has 0 radical (unpaired) electrons. The monoisotopic (exact) mass is 516 g/mol. The summed E-state index contributed by atoms with van der Waals surface area (Å²) >= 11 is 1.37. The van der Waals surface area contributed by atoms with Gasteiger partial charge < -0.3 is 20.3 Å². The fraction of sp³-hybridized carbons (Fsp3) is 0.261. The molecule has 2 amide bonds. The van der Waals surface area contributed by atoms with Crippen LogP contribution < -0.4 is 15.4 Å². The molecule has 2 heterocycles. The summed E-state index contributed by atoms with van der Waals surface area (Å²) in [5, 5.41) is 20.4. The normalized spacial score (nSPS) is 12.8. The van der Waals surface area contributed by atoms with E-state index in [1.807, 2.05) is 6.07 Å². The molecule has 0 fully saturated rings. The molecule has 0 unspecified atom stereocenters. The van der Waals surface area contributed by atoms with Gasteiger partial charge in [-0.05, 0) is 44.0 Å². The van der Waals surface area contributed by atoms with Crippen molar-refractivity contribution in [2.75, 3.05) is 10.6 Å². The van der Waals surface area contributed by atoms with Crippen LogP contribution >= 0.6 is 11.3 Å². The van der Waals surface area contributed by atoms with Gasteiger partial charge in [0.25, 0.3) is 0 Å². The van der Waals surface area contributed by atoms with Gasteiger partial charge in [0.15, 0.2) is 5.76 Å². The molecule has 4 aromatic rings. The zero-order valence-electron chi connectivity index (χ0n) is 19.4. The van der Waals surface area contributed by atoms with E-state index in [1.165, 1.54) is 23.5 Å². The Bertz CT molecular complexity index is 1540. The lowest BCUT2D eigenvalue weighted by molar-refractivity contribution is -0.140. The van der Waals surface area contributed by atoms with E-state index >= 15 is 0 Å². The number of nitrogens with zero attached hydrogens (tertiary/aromatic N) is 1. The van der Waals surface area contributed by atoms with Crippen LogP contribution in [0.1, 0.15) is 25.3 Å². The molecule has 4 rings (SSSR count). The highest BCUT2D eigenvalue weighted by Crippen LogP contribution is 2.36. The summed E-state index contributed by atoms with van der Waals surface area (Å²) in [7, 11) is -4.04. The number of hydrogen-bond donors (Lipinski definition) is 4. The molecule has 0 aliphatic carbocycles. The van der Waals surface area contributed by atoms with Crippen molar-refractivity contribution >= 4 is 64.9 Å². The van der Waals surface area contributed by atoms with Crippen molar-refractivity contribution in [1.29, 1.82) is 0 Å². The van der Waals surface area contributed by atoms with Gasteiger partial charge in [-0.1, -0.05) is 31.1 Å². The van der Waals surface area contributed by atoms with Crippen LogP contribution in [0.2, 0.25) is 0 Å². The largest absolute Gasteiger partial charge is 0.480 e. The molecule has 0 bridgehead atoms. The first kappa shape index (κ1) is 24.6. The summed E-state index contributed by atoms with van der Waals surface area (Å²) in [6.07, 6.45) is 0. The number of carboxylic acids is 1. The maximum absolute atomic E-state index is 12.8. The Labute approximate surface area is 205 Å². The van der Waals surface area contributed by atoms with E-state index in [0.29, 0.717) is 22.8 Å². The molecule has 2 aromatic heterocycles. The zero-order chi connectivity index (χ0) is 25.5. The van der Waals surface area contributed by atoms with Gasteiger partial charge in [0.1, 0.15) is 17.4 Å². The van der Waals surface area contributed by atoms with Crippen LogP contribution in [0, 0.1) is 19.8 Å². The van der Waals surface area contributed by atoms with Gasteiger partial charge in [0, 0.05) is 25.9 Å². The number of anilines is 2. The molecule has 0 saturated carbocycles. The number of carboxylic acid groups (broad SMARTS) is 1. The molecule has 184 valence electrons. The molecule has 35 heavy (non-hydrogen) atoms. The summed E-state index contributed by atoms with van der Waals surface area (Å²) in [4.78, 5) is 23.9. The minimum Gasteiger partial charge on any atom is -0.480 e. The van der Waals surface area contributed by atoms with Crippen LogP contribution in [0.25, 0.3) is 20.2 Å². The minimum atomic E-state index is -4.04. The van der Waals surface area contributed by atoms with E-state index in [4.69, 9.17) is 4.52 Å². The number of nitrogens with one attached hydrogen (secondary N) is 3. The highest BCUT2D eigenvalue weighted by atomic mass is 32.2. The van der Waals surface area contributed by atoms with Crippen molar-refractivity contribution in [3.8, 4) is 0 Å². The second-order valence-corrected chi connectivity index (χ2v) is 11.2. The number of rotatable bonds is 7. The van der Waals surface area contributed by atoms with Crippen LogP contribution in [-0.4, -0.2) is 36.7 Å². The van der Waals surface area contributed by atoms with Gasteiger partial charge in [-0.2, -0.15) is 4.72 Å². The van der Waals surface area contributed by atoms with Crippen molar-refractivity contribution in [3.05, 3.63) is 47.9 Å². The van der Waals surface area contributed by atoms with Crippen LogP contribution in [0.3, 0.4) is 0 Å². The number of aryl methyl sites for hydroxylation is 2. The Morgan fingerprint density at radius 1 is 1.03 bits per heavy atom. The predicted molar refractivity (Wildman–Crippen MR) is 135 cm³/mol. The first-order chi connectivity index (χ1) is 16.5. The third-order valence-electron chi connectivity index (χ3n) is 5.50. The number of carbonyl (C=O) groups excluding carboxylic acids is 1. The number of hydrogen-bond acceptors (Lipinski definition) is 7. The summed E-state index contributed by atoms with van der Waals surface area (Å²) < 4.78 is 34.6. The van der Waals surface area contributed by atoms with E-state index in [2.05, 4.69) is 20.5 Å². The lowest BCUT2D eigenvalue weighted by Gasteiger charge is -2.18. The molecule has 10 nitrogen and oxygen atoms in total. The first-order valence-electron chi connectivity index (χ1n) is 10.7. The molecule has 2 aromatic carbocycles. The lowest BCUT2D eigenvalue weighted by Crippen LogP contribution is -2.44. The molecule has 1 atom stereocenters. The third-order valence-corrected chi connectivity index (χ3v) is 8.05. The summed E-state index contributed by atoms with van der Waals surface area (Å²) in [5.74, 6) is -1.15. The zero-order valence-corrected chi connectivity index (χ0v) is 21.0. The van der Waals surface area contributed by atoms with Gasteiger partial charge in [0.2, 0.25) is 10.0 Å². The number of aromatic nitrogens is 1. The van der Waals surface area contributed by atoms with E-state index in [0.717, 1.165) is 20.2 Å². The van der Waals surface area contributed by atoms with E-state index in [-0.39, 0.29) is 4.90 Å². The standard InChI is InChI=1S/C23H24N4O6S2/c1-11(2)20(22(28)29)27-35(31,32)15-6-8-17-16-7-5-14(9-18(16)34-19(17)10-15)24-23(30)25-21-12(3)26-33-13(21)4/h5-11,20,27H,1-4H3,(H,28,29)(H2,24,25,30)/t20-/m0/s1. The molecule has 0 spiro atoms. The van der Waals surface area contributed by atoms with Gasteiger partial charge in [0.05, 0.1) is 4.90 Å². The molecule has 4 N–H and O–H groups in total. The smallest absolute Gasteiger partial charge is 0.323 e. The summed E-state index contributed by atoms with van der Waals surface area (Å²) in [6, 6.07) is 8.42. The van der Waals surface area contributed by atoms with Crippen LogP contribution in [0.5, 0.6) is 0 Å². The number of amides is 2. The number of sulfonamides is 1.